The van der Waals surface area contributed by atoms with Crippen LogP contribution in [0.2, 0.25) is 0 Å². The highest BCUT2D eigenvalue weighted by Crippen LogP contribution is 2.00. The maximum absolute atomic E-state index is 5.21. The number of hydrogen-bond acceptors (Lipinski definition) is 4. The van der Waals surface area contributed by atoms with E-state index in [0.29, 0.717) is 19.2 Å². The largest absolute Gasteiger partial charge is 0.464 e. The molecule has 1 aromatic rings. The molecule has 1 rings (SSSR count). The van der Waals surface area contributed by atoms with E-state index in [2.05, 4.69) is 21.8 Å². The molecular formula is C9H11N3O. The second kappa shape index (κ2) is 5.12. The van der Waals surface area contributed by atoms with E-state index in [4.69, 9.17) is 10.5 Å². The van der Waals surface area contributed by atoms with Crippen LogP contribution >= 0.6 is 0 Å². The maximum atomic E-state index is 5.21. The van der Waals surface area contributed by atoms with Crippen molar-refractivity contribution in [2.75, 3.05) is 13.2 Å². The van der Waals surface area contributed by atoms with E-state index in [-0.39, 0.29) is 0 Å². The molecule has 4 heteroatoms. The quantitative estimate of drug-likeness (QED) is 0.655. The molecule has 0 unspecified atom stereocenters. The van der Waals surface area contributed by atoms with Gasteiger partial charge in [-0.1, -0.05) is 11.8 Å². The summed E-state index contributed by atoms with van der Waals surface area (Å²) in [6.07, 6.45) is 3.22. The zero-order valence-electron chi connectivity index (χ0n) is 7.45. The summed E-state index contributed by atoms with van der Waals surface area (Å²) in [5.41, 5.74) is 5.96. The van der Waals surface area contributed by atoms with Gasteiger partial charge in [0.2, 0.25) is 0 Å². The zero-order chi connectivity index (χ0) is 9.52. The Morgan fingerprint density at radius 1 is 1.46 bits per heavy atom. The smallest absolute Gasteiger partial charge is 0.316 e. The lowest BCUT2D eigenvalue weighted by Gasteiger charge is -1.98. The van der Waals surface area contributed by atoms with Crippen molar-refractivity contribution in [3.05, 3.63) is 18.0 Å². The lowest BCUT2D eigenvalue weighted by Crippen LogP contribution is -1.97. The summed E-state index contributed by atoms with van der Waals surface area (Å²) in [4.78, 5) is 7.89. The van der Waals surface area contributed by atoms with Crippen molar-refractivity contribution in [1.82, 2.24) is 9.97 Å². The first-order valence-corrected chi connectivity index (χ1v) is 4.00. The van der Waals surface area contributed by atoms with E-state index in [1.54, 1.807) is 12.4 Å². The first-order valence-electron chi connectivity index (χ1n) is 4.00. The van der Waals surface area contributed by atoms with Crippen molar-refractivity contribution in [1.29, 1.82) is 0 Å². The summed E-state index contributed by atoms with van der Waals surface area (Å²) in [6, 6.07) is 0.376. The van der Waals surface area contributed by atoms with Gasteiger partial charge in [0.25, 0.3) is 0 Å². The van der Waals surface area contributed by atoms with Crippen LogP contribution < -0.4 is 10.5 Å². The van der Waals surface area contributed by atoms with Gasteiger partial charge >= 0.3 is 6.01 Å². The average molecular weight is 177 g/mol. The molecule has 1 heterocycles. The van der Waals surface area contributed by atoms with Crippen LogP contribution in [0.3, 0.4) is 0 Å². The van der Waals surface area contributed by atoms with Crippen molar-refractivity contribution < 1.29 is 4.74 Å². The van der Waals surface area contributed by atoms with E-state index < -0.39 is 0 Å². The monoisotopic (exact) mass is 177 g/mol. The Hall–Kier alpha value is -1.60. The van der Waals surface area contributed by atoms with Gasteiger partial charge in [0.15, 0.2) is 0 Å². The first kappa shape index (κ1) is 9.49. The lowest BCUT2D eigenvalue weighted by molar-refractivity contribution is 0.312. The SMILES string of the molecule is CCOc1ncc(C#CCN)cn1. The van der Waals surface area contributed by atoms with Crippen LogP contribution in [0.1, 0.15) is 12.5 Å². The Bertz CT molecular complexity index is 310. The van der Waals surface area contributed by atoms with E-state index in [1.807, 2.05) is 6.92 Å². The standard InChI is InChI=1S/C9H11N3O/c1-2-13-9-11-6-8(7-12-9)4-3-5-10/h6-7H,2,5,10H2,1H3. The molecule has 0 aliphatic rings. The minimum Gasteiger partial charge on any atom is -0.464 e. The third-order valence-electron chi connectivity index (χ3n) is 1.24. The van der Waals surface area contributed by atoms with Crippen LogP contribution in [0.5, 0.6) is 6.01 Å². The second-order valence-corrected chi connectivity index (χ2v) is 2.19. The fourth-order valence-corrected chi connectivity index (χ4v) is 0.737. The number of aromatic nitrogens is 2. The molecule has 0 atom stereocenters. The van der Waals surface area contributed by atoms with Gasteiger partial charge < -0.3 is 10.5 Å². The number of rotatable bonds is 2. The van der Waals surface area contributed by atoms with Crippen LogP contribution in [0.4, 0.5) is 0 Å². The minimum atomic E-state index is 0.340. The van der Waals surface area contributed by atoms with Crippen LogP contribution in [0.15, 0.2) is 12.4 Å². The predicted octanol–water partition coefficient (Wildman–Crippen LogP) is 0.185. The van der Waals surface area contributed by atoms with Gasteiger partial charge in [-0.05, 0) is 6.92 Å². The number of nitrogens with zero attached hydrogens (tertiary/aromatic N) is 2. The van der Waals surface area contributed by atoms with Crippen molar-refractivity contribution in [3.8, 4) is 17.9 Å². The summed E-state index contributed by atoms with van der Waals surface area (Å²) < 4.78 is 5.07. The Labute approximate surface area is 77.1 Å². The van der Waals surface area contributed by atoms with Crippen molar-refractivity contribution >= 4 is 0 Å². The molecule has 0 aliphatic heterocycles. The fraction of sp³-hybridized carbons (Fsp3) is 0.333. The Kier molecular flexibility index (Phi) is 3.74. The predicted molar refractivity (Wildman–Crippen MR) is 49.1 cm³/mol. The molecule has 0 aliphatic carbocycles. The summed E-state index contributed by atoms with van der Waals surface area (Å²) in [7, 11) is 0. The average Bonchev–Trinajstić information content (AvgIpc) is 2.17. The van der Waals surface area contributed by atoms with Crippen LogP contribution in [-0.4, -0.2) is 23.1 Å². The van der Waals surface area contributed by atoms with Crippen molar-refractivity contribution in [2.45, 2.75) is 6.92 Å². The van der Waals surface area contributed by atoms with Gasteiger partial charge in [-0.15, -0.1) is 0 Å². The van der Waals surface area contributed by atoms with E-state index in [9.17, 15) is 0 Å². The zero-order valence-corrected chi connectivity index (χ0v) is 7.45. The fourth-order valence-electron chi connectivity index (χ4n) is 0.737. The van der Waals surface area contributed by atoms with Crippen LogP contribution in [0.25, 0.3) is 0 Å². The maximum Gasteiger partial charge on any atom is 0.316 e. The Balaban J connectivity index is 2.69. The highest BCUT2D eigenvalue weighted by Gasteiger charge is 1.93. The molecule has 0 saturated heterocycles. The molecule has 4 nitrogen and oxygen atoms in total. The molecule has 0 fully saturated rings. The minimum absolute atomic E-state index is 0.340. The van der Waals surface area contributed by atoms with Gasteiger partial charge in [0, 0.05) is 12.4 Å². The van der Waals surface area contributed by atoms with E-state index in [0.717, 1.165) is 5.56 Å². The molecule has 0 aromatic carbocycles. The van der Waals surface area contributed by atoms with Gasteiger partial charge in [0.05, 0.1) is 18.7 Å². The van der Waals surface area contributed by atoms with Crippen molar-refractivity contribution in [2.24, 2.45) is 5.73 Å². The Morgan fingerprint density at radius 2 is 2.15 bits per heavy atom. The Morgan fingerprint density at radius 3 is 2.69 bits per heavy atom. The molecule has 0 bridgehead atoms. The van der Waals surface area contributed by atoms with E-state index in [1.165, 1.54) is 0 Å². The number of nitrogens with two attached hydrogens (primary N) is 1. The summed E-state index contributed by atoms with van der Waals surface area (Å²) in [6.45, 7) is 2.78. The van der Waals surface area contributed by atoms with Gasteiger partial charge in [0.1, 0.15) is 0 Å². The topological polar surface area (TPSA) is 61.0 Å². The van der Waals surface area contributed by atoms with Crippen LogP contribution in [-0.2, 0) is 0 Å². The highest BCUT2D eigenvalue weighted by atomic mass is 16.5. The normalized spacial score (nSPS) is 8.77. The molecule has 1 aromatic heterocycles. The molecule has 13 heavy (non-hydrogen) atoms. The number of hydrogen-bond donors (Lipinski definition) is 1. The second-order valence-electron chi connectivity index (χ2n) is 2.19. The van der Waals surface area contributed by atoms with Crippen LogP contribution in [0, 0.1) is 11.8 Å². The molecule has 0 radical (unpaired) electrons. The molecule has 0 amide bonds. The first-order chi connectivity index (χ1) is 6.36. The van der Waals surface area contributed by atoms with Crippen molar-refractivity contribution in [3.63, 3.8) is 0 Å². The van der Waals surface area contributed by atoms with Gasteiger partial charge in [-0.2, -0.15) is 0 Å². The third kappa shape index (κ3) is 3.09. The molecule has 0 saturated carbocycles. The summed E-state index contributed by atoms with van der Waals surface area (Å²) >= 11 is 0. The highest BCUT2D eigenvalue weighted by molar-refractivity contribution is 5.30. The van der Waals surface area contributed by atoms with Gasteiger partial charge in [-0.25, -0.2) is 9.97 Å². The molecule has 68 valence electrons. The summed E-state index contributed by atoms with van der Waals surface area (Å²) in [5.74, 6) is 5.53. The van der Waals surface area contributed by atoms with Gasteiger partial charge in [-0.3, -0.25) is 0 Å². The molecule has 2 N–H and O–H groups in total. The summed E-state index contributed by atoms with van der Waals surface area (Å²) in [5, 5.41) is 0. The molecule has 0 spiro atoms. The van der Waals surface area contributed by atoms with E-state index >= 15 is 0 Å². The number of ether oxygens (including phenoxy) is 1. The third-order valence-corrected chi connectivity index (χ3v) is 1.24. The lowest BCUT2D eigenvalue weighted by atomic mass is 10.3. The molecular weight excluding hydrogens is 166 g/mol.